The molecule has 0 saturated heterocycles. The van der Waals surface area contributed by atoms with E-state index in [1.807, 2.05) is 29.2 Å². The topological polar surface area (TPSA) is 29.5 Å². The zero-order chi connectivity index (χ0) is 17.1. The van der Waals surface area contributed by atoms with Crippen molar-refractivity contribution in [1.82, 2.24) is 4.90 Å². The van der Waals surface area contributed by atoms with E-state index in [1.165, 1.54) is 19.3 Å². The van der Waals surface area contributed by atoms with Crippen molar-refractivity contribution in [2.24, 2.45) is 0 Å². The molecule has 0 aliphatic heterocycles. The summed E-state index contributed by atoms with van der Waals surface area (Å²) < 4.78 is 5.28. The van der Waals surface area contributed by atoms with Gasteiger partial charge in [-0.15, -0.1) is 6.58 Å². The fourth-order valence-corrected chi connectivity index (χ4v) is 2.72. The van der Waals surface area contributed by atoms with E-state index in [0.29, 0.717) is 13.0 Å². The minimum Gasteiger partial charge on any atom is -0.497 e. The van der Waals surface area contributed by atoms with Gasteiger partial charge in [-0.25, -0.2) is 0 Å². The minimum absolute atomic E-state index is 0.0197. The highest BCUT2D eigenvalue weighted by molar-refractivity contribution is 5.76. The van der Waals surface area contributed by atoms with Crippen LogP contribution >= 0.6 is 0 Å². The lowest BCUT2D eigenvalue weighted by atomic mass is 10.0. The summed E-state index contributed by atoms with van der Waals surface area (Å²) in [4.78, 5) is 14.5. The Kier molecular flexibility index (Phi) is 9.11. The van der Waals surface area contributed by atoms with Gasteiger partial charge in [0.1, 0.15) is 5.75 Å². The van der Waals surface area contributed by atoms with E-state index in [1.54, 1.807) is 13.2 Å². The first-order valence-electron chi connectivity index (χ1n) is 8.68. The highest BCUT2D eigenvalue weighted by Gasteiger charge is 2.20. The van der Waals surface area contributed by atoms with Gasteiger partial charge in [0.25, 0.3) is 0 Å². The standard InChI is InChI=1S/C20H31NO2/c1-5-7-8-9-10-14-20(22)21(15-6-2)17(3)18-12-11-13-19(16-18)23-4/h6,11-13,16-17H,2,5,7-10,14-15H2,1,3-4H3/t17-/m1/s1. The maximum absolute atomic E-state index is 12.6. The maximum atomic E-state index is 12.6. The molecule has 0 saturated carbocycles. The molecule has 0 N–H and O–H groups in total. The Labute approximate surface area is 141 Å². The molecule has 0 aromatic heterocycles. The van der Waals surface area contributed by atoms with E-state index in [0.717, 1.165) is 24.2 Å². The molecule has 1 amide bonds. The number of methoxy groups -OCH3 is 1. The normalized spacial score (nSPS) is 11.8. The number of hydrogen-bond donors (Lipinski definition) is 0. The fraction of sp³-hybridized carbons (Fsp3) is 0.550. The smallest absolute Gasteiger partial charge is 0.223 e. The second-order valence-corrected chi connectivity index (χ2v) is 5.95. The average Bonchev–Trinajstić information content (AvgIpc) is 2.58. The Morgan fingerprint density at radius 3 is 2.70 bits per heavy atom. The van der Waals surface area contributed by atoms with Gasteiger partial charge in [0.05, 0.1) is 13.2 Å². The zero-order valence-electron chi connectivity index (χ0n) is 14.9. The molecule has 0 heterocycles. The molecule has 1 aromatic rings. The van der Waals surface area contributed by atoms with Crippen LogP contribution in [0.1, 0.15) is 64.0 Å². The first-order valence-corrected chi connectivity index (χ1v) is 8.68. The van der Waals surface area contributed by atoms with Crippen LogP contribution in [0.5, 0.6) is 5.75 Å². The van der Waals surface area contributed by atoms with Crippen molar-refractivity contribution in [3.05, 3.63) is 42.5 Å². The maximum Gasteiger partial charge on any atom is 0.223 e. The lowest BCUT2D eigenvalue weighted by Crippen LogP contribution is -2.33. The average molecular weight is 317 g/mol. The van der Waals surface area contributed by atoms with Gasteiger partial charge in [-0.3, -0.25) is 4.79 Å². The van der Waals surface area contributed by atoms with Crippen LogP contribution in [-0.4, -0.2) is 24.5 Å². The Morgan fingerprint density at radius 2 is 2.04 bits per heavy atom. The second kappa shape index (κ2) is 10.9. The summed E-state index contributed by atoms with van der Waals surface area (Å²) >= 11 is 0. The third-order valence-electron chi connectivity index (χ3n) is 4.18. The molecule has 0 radical (unpaired) electrons. The van der Waals surface area contributed by atoms with Crippen LogP contribution in [0.4, 0.5) is 0 Å². The predicted molar refractivity (Wildman–Crippen MR) is 96.7 cm³/mol. The number of carbonyl (C=O) groups is 1. The molecule has 0 aliphatic rings. The number of rotatable bonds is 11. The molecule has 1 rings (SSSR count). The summed E-state index contributed by atoms with van der Waals surface area (Å²) in [5.74, 6) is 1.02. The quantitative estimate of drug-likeness (QED) is 0.418. The lowest BCUT2D eigenvalue weighted by molar-refractivity contribution is -0.132. The van der Waals surface area contributed by atoms with E-state index < -0.39 is 0 Å². The largest absolute Gasteiger partial charge is 0.497 e. The second-order valence-electron chi connectivity index (χ2n) is 5.95. The predicted octanol–water partition coefficient (Wildman–Crippen LogP) is 5.13. The Morgan fingerprint density at radius 1 is 1.30 bits per heavy atom. The first kappa shape index (κ1) is 19.3. The number of hydrogen-bond acceptors (Lipinski definition) is 2. The third kappa shape index (κ3) is 6.47. The van der Waals surface area contributed by atoms with Gasteiger partial charge in [0.15, 0.2) is 0 Å². The molecule has 128 valence electrons. The van der Waals surface area contributed by atoms with Crippen LogP contribution in [0, 0.1) is 0 Å². The number of carbonyl (C=O) groups excluding carboxylic acids is 1. The van der Waals surface area contributed by atoms with E-state index in [4.69, 9.17) is 4.74 Å². The molecule has 3 nitrogen and oxygen atoms in total. The summed E-state index contributed by atoms with van der Waals surface area (Å²) in [6.07, 6.45) is 8.22. The summed E-state index contributed by atoms with van der Waals surface area (Å²) in [5, 5.41) is 0. The summed E-state index contributed by atoms with van der Waals surface area (Å²) in [7, 11) is 1.66. The van der Waals surface area contributed by atoms with Gasteiger partial charge in [0.2, 0.25) is 5.91 Å². The van der Waals surface area contributed by atoms with Crippen molar-refractivity contribution in [3.8, 4) is 5.75 Å². The molecule has 1 aromatic carbocycles. The summed E-state index contributed by atoms with van der Waals surface area (Å²) in [6, 6.07) is 7.94. The van der Waals surface area contributed by atoms with Crippen molar-refractivity contribution in [2.45, 2.75) is 58.4 Å². The van der Waals surface area contributed by atoms with Crippen molar-refractivity contribution in [3.63, 3.8) is 0 Å². The van der Waals surface area contributed by atoms with E-state index >= 15 is 0 Å². The molecule has 23 heavy (non-hydrogen) atoms. The molecule has 0 fully saturated rings. The van der Waals surface area contributed by atoms with Crippen molar-refractivity contribution >= 4 is 5.91 Å². The zero-order valence-corrected chi connectivity index (χ0v) is 14.9. The molecule has 0 spiro atoms. The van der Waals surface area contributed by atoms with E-state index in [2.05, 4.69) is 20.4 Å². The monoisotopic (exact) mass is 317 g/mol. The van der Waals surface area contributed by atoms with Crippen molar-refractivity contribution < 1.29 is 9.53 Å². The van der Waals surface area contributed by atoms with Gasteiger partial charge in [-0.1, -0.05) is 50.8 Å². The number of amides is 1. The van der Waals surface area contributed by atoms with Crippen LogP contribution in [0.15, 0.2) is 36.9 Å². The van der Waals surface area contributed by atoms with Crippen molar-refractivity contribution in [1.29, 1.82) is 0 Å². The van der Waals surface area contributed by atoms with Crippen LogP contribution < -0.4 is 4.74 Å². The van der Waals surface area contributed by atoms with Crippen LogP contribution in [0.3, 0.4) is 0 Å². The van der Waals surface area contributed by atoms with Gasteiger partial charge in [0, 0.05) is 13.0 Å². The molecule has 0 bridgehead atoms. The van der Waals surface area contributed by atoms with Gasteiger partial charge in [-0.05, 0) is 31.0 Å². The Hall–Kier alpha value is -1.77. The molecule has 0 unspecified atom stereocenters. The highest BCUT2D eigenvalue weighted by Crippen LogP contribution is 2.25. The fourth-order valence-electron chi connectivity index (χ4n) is 2.72. The molecule has 3 heteroatoms. The molecular weight excluding hydrogens is 286 g/mol. The summed E-state index contributed by atoms with van der Waals surface area (Å²) in [5.41, 5.74) is 1.09. The number of benzene rings is 1. The van der Waals surface area contributed by atoms with Gasteiger partial charge in [-0.2, -0.15) is 0 Å². The Bertz CT molecular complexity index is 484. The number of unbranched alkanes of at least 4 members (excludes halogenated alkanes) is 4. The van der Waals surface area contributed by atoms with Crippen LogP contribution in [-0.2, 0) is 4.79 Å². The lowest BCUT2D eigenvalue weighted by Gasteiger charge is -2.29. The van der Waals surface area contributed by atoms with E-state index in [-0.39, 0.29) is 11.9 Å². The van der Waals surface area contributed by atoms with Crippen LogP contribution in [0.2, 0.25) is 0 Å². The van der Waals surface area contributed by atoms with Gasteiger partial charge < -0.3 is 9.64 Å². The molecule has 1 atom stereocenters. The minimum atomic E-state index is 0.0197. The SMILES string of the molecule is C=CCN(C(=O)CCCCCCC)[C@H](C)c1cccc(OC)c1. The Balaban J connectivity index is 2.67. The van der Waals surface area contributed by atoms with Crippen molar-refractivity contribution in [2.75, 3.05) is 13.7 Å². The van der Waals surface area contributed by atoms with Gasteiger partial charge >= 0.3 is 0 Å². The number of nitrogens with zero attached hydrogens (tertiary/aromatic N) is 1. The molecule has 0 aliphatic carbocycles. The molecular formula is C20H31NO2. The van der Waals surface area contributed by atoms with E-state index in [9.17, 15) is 4.79 Å². The number of ether oxygens (including phenoxy) is 1. The highest BCUT2D eigenvalue weighted by atomic mass is 16.5. The first-order chi connectivity index (χ1) is 11.1. The summed E-state index contributed by atoms with van der Waals surface area (Å²) in [6.45, 7) is 8.63. The third-order valence-corrected chi connectivity index (χ3v) is 4.18. The van der Waals surface area contributed by atoms with Crippen LogP contribution in [0.25, 0.3) is 0 Å².